The van der Waals surface area contributed by atoms with Crippen LogP contribution in [-0.4, -0.2) is 84.8 Å². The van der Waals surface area contributed by atoms with Crippen molar-refractivity contribution < 1.29 is 14.3 Å². The molecular weight excluding hydrogens is 468 g/mol. The zero-order chi connectivity index (χ0) is 25.5. The number of rotatable bonds is 9. The molecule has 0 saturated carbocycles. The average Bonchev–Trinajstić information content (AvgIpc) is 3.46. The van der Waals surface area contributed by atoms with E-state index in [0.717, 1.165) is 46.9 Å². The summed E-state index contributed by atoms with van der Waals surface area (Å²) in [6.07, 6.45) is 5.15. The lowest BCUT2D eigenvalue weighted by molar-refractivity contribution is 0.208. The number of carbonyl (C=O) groups excluding carboxylic acids is 1. The van der Waals surface area contributed by atoms with Crippen LogP contribution in [0.15, 0.2) is 48.8 Å². The van der Waals surface area contributed by atoms with Crippen molar-refractivity contribution in [2.75, 3.05) is 69.2 Å². The normalized spacial score (nSPS) is 16.2. The van der Waals surface area contributed by atoms with E-state index < -0.39 is 0 Å². The van der Waals surface area contributed by atoms with Crippen LogP contribution in [0.5, 0.6) is 11.5 Å². The van der Waals surface area contributed by atoms with Gasteiger partial charge in [-0.2, -0.15) is 0 Å². The number of carbonyl (C=O) groups is 1. The molecule has 37 heavy (non-hydrogen) atoms. The zero-order valence-corrected chi connectivity index (χ0v) is 21.6. The fourth-order valence-electron chi connectivity index (χ4n) is 4.84. The molecule has 0 radical (unpaired) electrons. The smallest absolute Gasteiger partial charge is 0.321 e. The molecule has 3 aromatic rings. The minimum atomic E-state index is -0.0925. The third kappa shape index (κ3) is 6.40. The number of likely N-dealkylation sites (tertiary alicyclic amines) is 1. The van der Waals surface area contributed by atoms with E-state index >= 15 is 0 Å². The second kappa shape index (κ2) is 12.1. The lowest BCUT2D eigenvalue weighted by Gasteiger charge is -2.35. The molecular formula is C28H36N6O3. The number of hydrogen-bond donors (Lipinski definition) is 1. The second-order valence-corrected chi connectivity index (χ2v) is 9.55. The molecule has 0 atom stereocenters. The highest BCUT2D eigenvalue weighted by Crippen LogP contribution is 2.27. The molecule has 2 fully saturated rings. The number of benzene rings is 2. The first-order valence-corrected chi connectivity index (χ1v) is 13.3. The van der Waals surface area contributed by atoms with Crippen molar-refractivity contribution >= 4 is 28.4 Å². The summed E-state index contributed by atoms with van der Waals surface area (Å²) in [7, 11) is 0. The fraction of sp³-hybridized carbons (Fsp3) is 0.464. The molecule has 0 unspecified atom stereocenters. The predicted octanol–water partition coefficient (Wildman–Crippen LogP) is 4.25. The maximum absolute atomic E-state index is 12.8. The maximum atomic E-state index is 12.8. The summed E-state index contributed by atoms with van der Waals surface area (Å²) in [4.78, 5) is 28.4. The van der Waals surface area contributed by atoms with Crippen molar-refractivity contribution in [2.45, 2.75) is 26.2 Å². The van der Waals surface area contributed by atoms with Crippen LogP contribution in [0.3, 0.4) is 0 Å². The third-order valence-electron chi connectivity index (χ3n) is 6.91. The first kappa shape index (κ1) is 25.1. The number of nitrogens with one attached hydrogen (secondary N) is 1. The van der Waals surface area contributed by atoms with Gasteiger partial charge in [0.15, 0.2) is 0 Å². The van der Waals surface area contributed by atoms with Gasteiger partial charge in [0.2, 0.25) is 0 Å². The molecule has 1 N–H and O–H groups in total. The summed E-state index contributed by atoms with van der Waals surface area (Å²) in [6.45, 7) is 9.40. The Morgan fingerprint density at radius 2 is 1.62 bits per heavy atom. The predicted molar refractivity (Wildman–Crippen MR) is 146 cm³/mol. The Morgan fingerprint density at radius 3 is 2.38 bits per heavy atom. The molecule has 196 valence electrons. The summed E-state index contributed by atoms with van der Waals surface area (Å²) < 4.78 is 11.6. The van der Waals surface area contributed by atoms with Crippen molar-refractivity contribution in [3.05, 3.63) is 48.8 Å². The van der Waals surface area contributed by atoms with E-state index in [2.05, 4.69) is 32.0 Å². The molecule has 5 rings (SSSR count). The van der Waals surface area contributed by atoms with Crippen LogP contribution < -0.4 is 19.7 Å². The van der Waals surface area contributed by atoms with E-state index in [-0.39, 0.29) is 6.03 Å². The Bertz CT molecular complexity index is 1170. The molecule has 0 spiro atoms. The largest absolute Gasteiger partial charge is 0.494 e. The first-order valence-electron chi connectivity index (χ1n) is 13.3. The van der Waals surface area contributed by atoms with Gasteiger partial charge in [-0.3, -0.25) is 4.90 Å². The molecule has 2 aromatic carbocycles. The highest BCUT2D eigenvalue weighted by atomic mass is 16.5. The Morgan fingerprint density at radius 1 is 0.892 bits per heavy atom. The van der Waals surface area contributed by atoms with Crippen LogP contribution in [-0.2, 0) is 0 Å². The van der Waals surface area contributed by atoms with Gasteiger partial charge in [-0.25, -0.2) is 14.8 Å². The first-order chi connectivity index (χ1) is 18.2. The van der Waals surface area contributed by atoms with Gasteiger partial charge in [0.05, 0.1) is 12.1 Å². The highest BCUT2D eigenvalue weighted by molar-refractivity contribution is 5.91. The number of fused-ring (bicyclic) bond motifs is 1. The summed E-state index contributed by atoms with van der Waals surface area (Å²) >= 11 is 0. The summed E-state index contributed by atoms with van der Waals surface area (Å²) in [5.41, 5.74) is 1.63. The third-order valence-corrected chi connectivity index (χ3v) is 6.91. The Hall–Kier alpha value is -3.59. The van der Waals surface area contributed by atoms with Gasteiger partial charge >= 0.3 is 6.03 Å². The van der Waals surface area contributed by atoms with Crippen molar-refractivity contribution in [3.63, 3.8) is 0 Å². The number of anilines is 2. The summed E-state index contributed by atoms with van der Waals surface area (Å²) in [5.74, 6) is 2.55. The van der Waals surface area contributed by atoms with Crippen molar-refractivity contribution in [1.29, 1.82) is 0 Å². The SMILES string of the molecule is CCCOc1ccc(NC(=O)N2CCN(c3ncnc4cc(OCCN5CCCC5)ccc34)CC2)cc1. The Labute approximate surface area is 218 Å². The molecule has 2 aliphatic rings. The Balaban J connectivity index is 1.15. The molecule has 0 aliphatic carbocycles. The van der Waals surface area contributed by atoms with E-state index in [1.54, 1.807) is 6.33 Å². The van der Waals surface area contributed by atoms with Gasteiger partial charge in [0, 0.05) is 49.9 Å². The van der Waals surface area contributed by atoms with E-state index in [1.807, 2.05) is 47.4 Å². The molecule has 3 heterocycles. The summed E-state index contributed by atoms with van der Waals surface area (Å²) in [6, 6.07) is 13.5. The molecule has 0 bridgehead atoms. The number of hydrogen-bond acceptors (Lipinski definition) is 7. The van der Waals surface area contributed by atoms with Crippen molar-refractivity contribution in [3.8, 4) is 11.5 Å². The van der Waals surface area contributed by atoms with Crippen LogP contribution >= 0.6 is 0 Å². The van der Waals surface area contributed by atoms with Gasteiger partial charge in [-0.15, -0.1) is 0 Å². The van der Waals surface area contributed by atoms with Crippen LogP contribution in [0.4, 0.5) is 16.3 Å². The quantitative estimate of drug-likeness (QED) is 0.467. The second-order valence-electron chi connectivity index (χ2n) is 9.55. The lowest BCUT2D eigenvalue weighted by Crippen LogP contribution is -2.50. The minimum absolute atomic E-state index is 0.0925. The Kier molecular flexibility index (Phi) is 8.20. The number of ether oxygens (including phenoxy) is 2. The fourth-order valence-corrected chi connectivity index (χ4v) is 4.84. The van der Waals surface area contributed by atoms with Gasteiger partial charge in [-0.1, -0.05) is 6.92 Å². The van der Waals surface area contributed by atoms with Crippen LogP contribution in [0, 0.1) is 0 Å². The molecule has 1 aromatic heterocycles. The number of nitrogens with zero attached hydrogens (tertiary/aromatic N) is 5. The van der Waals surface area contributed by atoms with Gasteiger partial charge in [-0.05, 0) is 68.8 Å². The topological polar surface area (TPSA) is 83.1 Å². The number of aromatic nitrogens is 2. The van der Waals surface area contributed by atoms with E-state index in [4.69, 9.17) is 9.47 Å². The van der Waals surface area contributed by atoms with E-state index in [1.165, 1.54) is 25.9 Å². The van der Waals surface area contributed by atoms with Gasteiger partial charge in [0.1, 0.15) is 30.3 Å². The number of piperazine rings is 1. The maximum Gasteiger partial charge on any atom is 0.321 e. The minimum Gasteiger partial charge on any atom is -0.494 e. The lowest BCUT2D eigenvalue weighted by atomic mass is 10.2. The molecule has 2 amide bonds. The molecule has 9 nitrogen and oxygen atoms in total. The van der Waals surface area contributed by atoms with Crippen molar-refractivity contribution in [1.82, 2.24) is 19.8 Å². The van der Waals surface area contributed by atoms with E-state index in [9.17, 15) is 4.79 Å². The molecule has 2 aliphatic heterocycles. The highest BCUT2D eigenvalue weighted by Gasteiger charge is 2.23. The standard InChI is InChI=1S/C28H36N6O3/c1-2-18-36-23-7-5-22(6-8-23)31-28(35)34-15-13-33(14-16-34)27-25-10-9-24(20-26(25)29-21-30-27)37-19-17-32-11-3-4-12-32/h5-10,20-21H,2-4,11-19H2,1H3,(H,31,35). The molecule has 2 saturated heterocycles. The number of amides is 2. The number of urea groups is 1. The van der Waals surface area contributed by atoms with E-state index in [0.29, 0.717) is 39.4 Å². The van der Waals surface area contributed by atoms with Gasteiger partial charge < -0.3 is 24.6 Å². The molecule has 9 heteroatoms. The summed E-state index contributed by atoms with van der Waals surface area (Å²) in [5, 5.41) is 3.99. The van der Waals surface area contributed by atoms with Gasteiger partial charge in [0.25, 0.3) is 0 Å². The monoisotopic (exact) mass is 504 g/mol. The van der Waals surface area contributed by atoms with Crippen LogP contribution in [0.2, 0.25) is 0 Å². The average molecular weight is 505 g/mol. The van der Waals surface area contributed by atoms with Crippen LogP contribution in [0.1, 0.15) is 26.2 Å². The van der Waals surface area contributed by atoms with Crippen LogP contribution in [0.25, 0.3) is 10.9 Å². The zero-order valence-electron chi connectivity index (χ0n) is 21.6. The van der Waals surface area contributed by atoms with Crippen molar-refractivity contribution in [2.24, 2.45) is 0 Å².